The molecule has 0 unspecified atom stereocenters. The molecule has 82 valence electrons. The third-order valence-electron chi connectivity index (χ3n) is 2.15. The SMILES string of the molecule is CN(Cc1cccnc1)c1ccnc(Cl)n1. The minimum absolute atomic E-state index is 0.260. The molecule has 0 aromatic carbocycles. The molecule has 2 heterocycles. The highest BCUT2D eigenvalue weighted by molar-refractivity contribution is 6.28. The fraction of sp³-hybridized carbons (Fsp3) is 0.182. The molecule has 4 nitrogen and oxygen atoms in total. The zero-order valence-electron chi connectivity index (χ0n) is 8.84. The van der Waals surface area contributed by atoms with E-state index in [9.17, 15) is 0 Å². The number of halogens is 1. The monoisotopic (exact) mass is 234 g/mol. The molecule has 5 heteroatoms. The number of pyridine rings is 1. The number of aromatic nitrogens is 3. The Labute approximate surface area is 98.9 Å². The smallest absolute Gasteiger partial charge is 0.224 e. The second kappa shape index (κ2) is 4.90. The summed E-state index contributed by atoms with van der Waals surface area (Å²) in [6, 6.07) is 5.75. The molecule has 0 bridgehead atoms. The molecule has 2 aromatic rings. The molecule has 0 amide bonds. The van der Waals surface area contributed by atoms with E-state index in [1.807, 2.05) is 36.3 Å². The van der Waals surface area contributed by atoms with Gasteiger partial charge in [0, 0.05) is 32.2 Å². The van der Waals surface area contributed by atoms with Gasteiger partial charge in [-0.25, -0.2) is 9.97 Å². The highest BCUT2D eigenvalue weighted by Gasteiger charge is 2.04. The zero-order chi connectivity index (χ0) is 11.4. The van der Waals surface area contributed by atoms with Crippen molar-refractivity contribution in [1.82, 2.24) is 15.0 Å². The molecular weight excluding hydrogens is 224 g/mol. The first-order valence-corrected chi connectivity index (χ1v) is 5.22. The normalized spacial score (nSPS) is 10.1. The lowest BCUT2D eigenvalue weighted by Gasteiger charge is -2.17. The van der Waals surface area contributed by atoms with E-state index >= 15 is 0 Å². The molecule has 0 aliphatic carbocycles. The predicted molar refractivity (Wildman–Crippen MR) is 63.4 cm³/mol. The van der Waals surface area contributed by atoms with E-state index in [0.29, 0.717) is 0 Å². The average Bonchev–Trinajstić information content (AvgIpc) is 2.30. The number of nitrogens with zero attached hydrogens (tertiary/aromatic N) is 4. The third kappa shape index (κ3) is 2.67. The first kappa shape index (κ1) is 10.8. The van der Waals surface area contributed by atoms with E-state index in [2.05, 4.69) is 15.0 Å². The Morgan fingerprint density at radius 3 is 2.88 bits per heavy atom. The maximum atomic E-state index is 5.73. The van der Waals surface area contributed by atoms with Crippen molar-refractivity contribution in [3.63, 3.8) is 0 Å². The van der Waals surface area contributed by atoms with Gasteiger partial charge < -0.3 is 4.90 Å². The first-order valence-electron chi connectivity index (χ1n) is 4.84. The van der Waals surface area contributed by atoms with Gasteiger partial charge >= 0.3 is 0 Å². The average molecular weight is 235 g/mol. The van der Waals surface area contributed by atoms with Gasteiger partial charge in [-0.1, -0.05) is 6.07 Å². The van der Waals surface area contributed by atoms with Crippen molar-refractivity contribution in [2.45, 2.75) is 6.54 Å². The summed E-state index contributed by atoms with van der Waals surface area (Å²) >= 11 is 5.73. The van der Waals surface area contributed by atoms with Crippen LogP contribution in [0.3, 0.4) is 0 Å². The van der Waals surface area contributed by atoms with E-state index < -0.39 is 0 Å². The Morgan fingerprint density at radius 1 is 1.31 bits per heavy atom. The molecule has 0 N–H and O–H groups in total. The minimum atomic E-state index is 0.260. The van der Waals surface area contributed by atoms with Crippen LogP contribution in [0.25, 0.3) is 0 Å². The van der Waals surface area contributed by atoms with Crippen molar-refractivity contribution in [1.29, 1.82) is 0 Å². The summed E-state index contributed by atoms with van der Waals surface area (Å²) in [5.74, 6) is 0.795. The fourth-order valence-electron chi connectivity index (χ4n) is 1.39. The molecule has 0 fully saturated rings. The Bertz CT molecular complexity index is 461. The standard InChI is InChI=1S/C11H11ClN4/c1-16(8-9-3-2-5-13-7-9)10-4-6-14-11(12)15-10/h2-7H,8H2,1H3. The second-order valence-electron chi connectivity index (χ2n) is 3.40. The summed E-state index contributed by atoms with van der Waals surface area (Å²) in [4.78, 5) is 14.0. The summed E-state index contributed by atoms with van der Waals surface area (Å²) in [6.07, 6.45) is 5.23. The van der Waals surface area contributed by atoms with E-state index in [4.69, 9.17) is 11.6 Å². The van der Waals surface area contributed by atoms with Crippen molar-refractivity contribution in [3.8, 4) is 0 Å². The van der Waals surface area contributed by atoms with Crippen LogP contribution in [0.2, 0.25) is 5.28 Å². The Kier molecular flexibility index (Phi) is 3.31. The van der Waals surface area contributed by atoms with Crippen molar-refractivity contribution < 1.29 is 0 Å². The quantitative estimate of drug-likeness (QED) is 0.764. The number of rotatable bonds is 3. The molecule has 0 aliphatic heterocycles. The molecule has 2 aromatic heterocycles. The molecule has 0 atom stereocenters. The highest BCUT2D eigenvalue weighted by atomic mass is 35.5. The number of hydrogen-bond donors (Lipinski definition) is 0. The van der Waals surface area contributed by atoms with Crippen LogP contribution in [0, 0.1) is 0 Å². The number of hydrogen-bond acceptors (Lipinski definition) is 4. The maximum Gasteiger partial charge on any atom is 0.224 e. The van der Waals surface area contributed by atoms with Gasteiger partial charge in [0.1, 0.15) is 5.82 Å². The van der Waals surface area contributed by atoms with Crippen LogP contribution in [0.1, 0.15) is 5.56 Å². The van der Waals surface area contributed by atoms with Gasteiger partial charge in [0.05, 0.1) is 0 Å². The van der Waals surface area contributed by atoms with Crippen molar-refractivity contribution in [2.75, 3.05) is 11.9 Å². The van der Waals surface area contributed by atoms with Crippen molar-refractivity contribution in [2.24, 2.45) is 0 Å². The Morgan fingerprint density at radius 2 is 2.19 bits per heavy atom. The Balaban J connectivity index is 2.12. The third-order valence-corrected chi connectivity index (χ3v) is 2.33. The van der Waals surface area contributed by atoms with Crippen LogP contribution >= 0.6 is 11.6 Å². The highest BCUT2D eigenvalue weighted by Crippen LogP contribution is 2.13. The molecule has 0 spiro atoms. The summed E-state index contributed by atoms with van der Waals surface area (Å²) in [7, 11) is 1.95. The minimum Gasteiger partial charge on any atom is -0.355 e. The predicted octanol–water partition coefficient (Wildman–Crippen LogP) is 2.16. The van der Waals surface area contributed by atoms with Crippen LogP contribution in [-0.4, -0.2) is 22.0 Å². The molecular formula is C11H11ClN4. The zero-order valence-corrected chi connectivity index (χ0v) is 9.59. The summed E-state index contributed by atoms with van der Waals surface area (Å²) in [5.41, 5.74) is 1.12. The second-order valence-corrected chi connectivity index (χ2v) is 3.74. The van der Waals surface area contributed by atoms with Crippen LogP contribution < -0.4 is 4.90 Å². The maximum absolute atomic E-state index is 5.73. The van der Waals surface area contributed by atoms with Gasteiger partial charge in [-0.3, -0.25) is 4.98 Å². The van der Waals surface area contributed by atoms with Crippen LogP contribution in [0.15, 0.2) is 36.8 Å². The number of anilines is 1. The molecule has 2 rings (SSSR count). The van der Waals surface area contributed by atoms with Gasteiger partial charge in [-0.15, -0.1) is 0 Å². The van der Waals surface area contributed by atoms with Crippen molar-refractivity contribution in [3.05, 3.63) is 47.6 Å². The van der Waals surface area contributed by atoms with Gasteiger partial charge in [-0.05, 0) is 29.3 Å². The van der Waals surface area contributed by atoms with Crippen LogP contribution in [-0.2, 0) is 6.54 Å². The van der Waals surface area contributed by atoms with E-state index in [0.717, 1.165) is 17.9 Å². The van der Waals surface area contributed by atoms with Crippen molar-refractivity contribution >= 4 is 17.4 Å². The van der Waals surface area contributed by atoms with Gasteiger partial charge in [0.2, 0.25) is 5.28 Å². The molecule has 0 saturated carbocycles. The molecule has 0 aliphatic rings. The lowest BCUT2D eigenvalue weighted by molar-refractivity contribution is 0.885. The Hall–Kier alpha value is -1.68. The fourth-order valence-corrected chi connectivity index (χ4v) is 1.53. The topological polar surface area (TPSA) is 41.9 Å². The van der Waals surface area contributed by atoms with Gasteiger partial charge in [-0.2, -0.15) is 0 Å². The van der Waals surface area contributed by atoms with E-state index in [-0.39, 0.29) is 5.28 Å². The summed E-state index contributed by atoms with van der Waals surface area (Å²) < 4.78 is 0. The van der Waals surface area contributed by atoms with Crippen LogP contribution in [0.4, 0.5) is 5.82 Å². The van der Waals surface area contributed by atoms with E-state index in [1.165, 1.54) is 0 Å². The van der Waals surface area contributed by atoms with Gasteiger partial charge in [0.15, 0.2) is 0 Å². The van der Waals surface area contributed by atoms with E-state index in [1.54, 1.807) is 12.4 Å². The van der Waals surface area contributed by atoms with Gasteiger partial charge in [0.25, 0.3) is 0 Å². The lowest BCUT2D eigenvalue weighted by Crippen LogP contribution is -2.17. The largest absolute Gasteiger partial charge is 0.355 e. The molecule has 0 radical (unpaired) electrons. The molecule has 0 saturated heterocycles. The molecule has 16 heavy (non-hydrogen) atoms. The first-order chi connectivity index (χ1) is 7.75. The summed E-state index contributed by atoms with van der Waals surface area (Å²) in [6.45, 7) is 0.737. The van der Waals surface area contributed by atoms with Crippen LogP contribution in [0.5, 0.6) is 0 Å². The lowest BCUT2D eigenvalue weighted by atomic mass is 10.3. The summed E-state index contributed by atoms with van der Waals surface area (Å²) in [5, 5.41) is 0.260.